The van der Waals surface area contributed by atoms with E-state index in [-0.39, 0.29) is 0 Å². The van der Waals surface area contributed by atoms with Crippen molar-refractivity contribution in [2.75, 3.05) is 18.0 Å². The molecule has 3 rings (SSSR count). The average Bonchev–Trinajstić information content (AvgIpc) is 3.27. The maximum absolute atomic E-state index is 3.73. The fourth-order valence-electron chi connectivity index (χ4n) is 3.23. The van der Waals surface area contributed by atoms with Crippen molar-refractivity contribution in [1.29, 1.82) is 0 Å². The van der Waals surface area contributed by atoms with E-state index < -0.39 is 0 Å². The molecule has 1 unspecified atom stereocenters. The topological polar surface area (TPSA) is 15.3 Å². The molecule has 2 heteroatoms. The lowest BCUT2D eigenvalue weighted by Gasteiger charge is -2.38. The van der Waals surface area contributed by atoms with Gasteiger partial charge in [-0.3, -0.25) is 0 Å². The average molecular weight is 258 g/mol. The monoisotopic (exact) mass is 258 g/mol. The zero-order valence-electron chi connectivity index (χ0n) is 12.1. The second-order valence-electron chi connectivity index (χ2n) is 6.05. The minimum atomic E-state index is 0.673. The first kappa shape index (κ1) is 13.0. The van der Waals surface area contributed by atoms with Gasteiger partial charge in [0.05, 0.1) is 0 Å². The van der Waals surface area contributed by atoms with Crippen molar-refractivity contribution < 1.29 is 0 Å². The van der Waals surface area contributed by atoms with Crippen LogP contribution in [0.1, 0.15) is 44.6 Å². The second kappa shape index (κ2) is 5.96. The third-order valence-electron chi connectivity index (χ3n) is 4.43. The zero-order chi connectivity index (χ0) is 13.1. The van der Waals surface area contributed by atoms with E-state index in [9.17, 15) is 0 Å². The summed E-state index contributed by atoms with van der Waals surface area (Å²) in [5.74, 6) is 0. The molecule has 2 aliphatic rings. The molecule has 0 bridgehead atoms. The zero-order valence-corrected chi connectivity index (χ0v) is 12.1. The fraction of sp³-hybridized carbons (Fsp3) is 0.647. The highest BCUT2D eigenvalue weighted by atomic mass is 15.2. The van der Waals surface area contributed by atoms with E-state index >= 15 is 0 Å². The van der Waals surface area contributed by atoms with Gasteiger partial charge in [0.25, 0.3) is 0 Å². The van der Waals surface area contributed by atoms with E-state index in [0.717, 1.165) is 12.6 Å². The van der Waals surface area contributed by atoms with E-state index in [4.69, 9.17) is 0 Å². The quantitative estimate of drug-likeness (QED) is 0.841. The van der Waals surface area contributed by atoms with E-state index in [1.165, 1.54) is 50.8 Å². The summed E-state index contributed by atoms with van der Waals surface area (Å²) in [6, 6.07) is 10.5. The van der Waals surface area contributed by atoms with Gasteiger partial charge in [0.2, 0.25) is 0 Å². The van der Waals surface area contributed by atoms with Gasteiger partial charge in [0.15, 0.2) is 0 Å². The highest BCUT2D eigenvalue weighted by Crippen LogP contribution is 2.29. The molecule has 0 saturated heterocycles. The summed E-state index contributed by atoms with van der Waals surface area (Å²) in [6.45, 7) is 4.70. The Morgan fingerprint density at radius 3 is 2.95 bits per heavy atom. The SMILES string of the molecule is CCCC(CNC1CC1)N1CCCc2ccccc21. The van der Waals surface area contributed by atoms with Crippen LogP contribution in [0, 0.1) is 0 Å². The molecule has 1 atom stereocenters. The van der Waals surface area contributed by atoms with Crippen LogP contribution in [0.2, 0.25) is 0 Å². The highest BCUT2D eigenvalue weighted by Gasteiger charge is 2.26. The van der Waals surface area contributed by atoms with Crippen molar-refractivity contribution in [3.8, 4) is 0 Å². The van der Waals surface area contributed by atoms with Crippen molar-refractivity contribution in [3.63, 3.8) is 0 Å². The Balaban J connectivity index is 1.73. The number of fused-ring (bicyclic) bond motifs is 1. The number of nitrogens with one attached hydrogen (secondary N) is 1. The Morgan fingerprint density at radius 2 is 2.16 bits per heavy atom. The summed E-state index contributed by atoms with van der Waals surface area (Å²) in [5.41, 5.74) is 3.03. The molecular weight excluding hydrogens is 232 g/mol. The summed E-state index contributed by atoms with van der Waals surface area (Å²) in [4.78, 5) is 2.66. The molecule has 1 aliphatic carbocycles. The van der Waals surface area contributed by atoms with Crippen molar-refractivity contribution in [2.24, 2.45) is 0 Å². The van der Waals surface area contributed by atoms with Crippen LogP contribution in [0.3, 0.4) is 0 Å². The Morgan fingerprint density at radius 1 is 1.32 bits per heavy atom. The number of aryl methyl sites for hydroxylation is 1. The molecule has 104 valence electrons. The Kier molecular flexibility index (Phi) is 4.07. The molecule has 0 aromatic heterocycles. The first-order valence-corrected chi connectivity index (χ1v) is 7.96. The molecule has 1 fully saturated rings. The van der Waals surface area contributed by atoms with Crippen LogP contribution < -0.4 is 10.2 Å². The molecule has 2 nitrogen and oxygen atoms in total. The van der Waals surface area contributed by atoms with E-state index in [1.54, 1.807) is 5.56 Å². The van der Waals surface area contributed by atoms with Crippen molar-refractivity contribution >= 4 is 5.69 Å². The molecule has 0 spiro atoms. The maximum Gasteiger partial charge on any atom is 0.0414 e. The predicted octanol–water partition coefficient (Wildman–Crippen LogP) is 3.36. The number of para-hydroxylation sites is 1. The number of nitrogens with zero attached hydrogens (tertiary/aromatic N) is 1. The lowest BCUT2D eigenvalue weighted by atomic mass is 9.98. The standard InChI is InChI=1S/C17H26N2/c1-2-6-16(13-18-15-10-11-15)19-12-5-8-14-7-3-4-9-17(14)19/h3-4,7,9,15-16,18H,2,5-6,8,10-13H2,1H3. The van der Waals surface area contributed by atoms with Crippen LogP contribution in [0.15, 0.2) is 24.3 Å². The van der Waals surface area contributed by atoms with Gasteiger partial charge in [-0.2, -0.15) is 0 Å². The van der Waals surface area contributed by atoms with Gasteiger partial charge >= 0.3 is 0 Å². The van der Waals surface area contributed by atoms with Gasteiger partial charge in [-0.25, -0.2) is 0 Å². The van der Waals surface area contributed by atoms with Gasteiger partial charge in [0, 0.05) is 30.9 Å². The smallest absolute Gasteiger partial charge is 0.0414 e. The molecule has 1 aromatic carbocycles. The molecule has 1 aliphatic heterocycles. The van der Waals surface area contributed by atoms with Crippen molar-refractivity contribution in [2.45, 2.75) is 57.5 Å². The molecule has 0 amide bonds. The second-order valence-corrected chi connectivity index (χ2v) is 6.05. The Bertz CT molecular complexity index is 411. The fourth-order valence-corrected chi connectivity index (χ4v) is 3.23. The summed E-state index contributed by atoms with van der Waals surface area (Å²) in [7, 11) is 0. The minimum Gasteiger partial charge on any atom is -0.367 e. The molecule has 1 saturated carbocycles. The number of anilines is 1. The number of hydrogen-bond acceptors (Lipinski definition) is 2. The van der Waals surface area contributed by atoms with Gasteiger partial charge < -0.3 is 10.2 Å². The molecule has 1 heterocycles. The first-order chi connectivity index (χ1) is 9.38. The number of rotatable bonds is 6. The van der Waals surface area contributed by atoms with Crippen LogP contribution in [-0.2, 0) is 6.42 Å². The largest absolute Gasteiger partial charge is 0.367 e. The van der Waals surface area contributed by atoms with Gasteiger partial charge in [0.1, 0.15) is 0 Å². The van der Waals surface area contributed by atoms with Crippen molar-refractivity contribution in [1.82, 2.24) is 5.32 Å². The van der Waals surface area contributed by atoms with Crippen molar-refractivity contribution in [3.05, 3.63) is 29.8 Å². The minimum absolute atomic E-state index is 0.673. The highest BCUT2D eigenvalue weighted by molar-refractivity contribution is 5.56. The molecule has 0 radical (unpaired) electrons. The Labute approximate surface area is 117 Å². The normalized spacial score (nSPS) is 20.2. The van der Waals surface area contributed by atoms with E-state index in [1.807, 2.05) is 0 Å². The van der Waals surface area contributed by atoms with Crippen LogP contribution in [0.5, 0.6) is 0 Å². The number of hydrogen-bond donors (Lipinski definition) is 1. The van der Waals surface area contributed by atoms with Gasteiger partial charge in [-0.1, -0.05) is 31.5 Å². The summed E-state index contributed by atoms with van der Waals surface area (Å²) in [5, 5.41) is 3.73. The van der Waals surface area contributed by atoms with E-state index in [2.05, 4.69) is 41.4 Å². The van der Waals surface area contributed by atoms with Crippen LogP contribution in [0.25, 0.3) is 0 Å². The maximum atomic E-state index is 3.73. The van der Waals surface area contributed by atoms with Crippen LogP contribution in [-0.4, -0.2) is 25.2 Å². The molecule has 19 heavy (non-hydrogen) atoms. The third-order valence-corrected chi connectivity index (χ3v) is 4.43. The Hall–Kier alpha value is -1.02. The van der Waals surface area contributed by atoms with Crippen LogP contribution in [0.4, 0.5) is 5.69 Å². The van der Waals surface area contributed by atoms with Crippen LogP contribution >= 0.6 is 0 Å². The summed E-state index contributed by atoms with van der Waals surface area (Å²) in [6.07, 6.45) is 7.90. The molecule has 1 aromatic rings. The van der Waals surface area contributed by atoms with Gasteiger partial charge in [-0.05, 0) is 43.7 Å². The first-order valence-electron chi connectivity index (χ1n) is 7.96. The lowest BCUT2D eigenvalue weighted by Crippen LogP contribution is -2.45. The predicted molar refractivity (Wildman–Crippen MR) is 81.8 cm³/mol. The lowest BCUT2D eigenvalue weighted by molar-refractivity contribution is 0.483. The van der Waals surface area contributed by atoms with Gasteiger partial charge in [-0.15, -0.1) is 0 Å². The third kappa shape index (κ3) is 3.11. The van der Waals surface area contributed by atoms with E-state index in [0.29, 0.717) is 6.04 Å². The molecular formula is C17H26N2. The summed E-state index contributed by atoms with van der Waals surface area (Å²) < 4.78 is 0. The molecule has 1 N–H and O–H groups in total. The summed E-state index contributed by atoms with van der Waals surface area (Å²) >= 11 is 0. The number of benzene rings is 1.